The molecule has 2 rings (SSSR count). The van der Waals surface area contributed by atoms with Gasteiger partial charge in [-0.2, -0.15) is 7.05 Å². The molecule has 50 valence electrons. The van der Waals surface area contributed by atoms with Gasteiger partial charge in [-0.1, -0.05) is 29.1 Å². The maximum atomic E-state index is 4.00. The molecular formula is C8H7N2-. The van der Waals surface area contributed by atoms with E-state index in [1.165, 1.54) is 0 Å². The third-order valence-electron chi connectivity index (χ3n) is 1.55. The summed E-state index contributed by atoms with van der Waals surface area (Å²) in [6.07, 6.45) is 1.81. The molecule has 0 amide bonds. The van der Waals surface area contributed by atoms with E-state index in [1.54, 1.807) is 4.68 Å². The molecule has 0 saturated carbocycles. The zero-order valence-corrected chi connectivity index (χ0v) is 5.49. The van der Waals surface area contributed by atoms with Crippen molar-refractivity contribution in [3.8, 4) is 0 Å². The van der Waals surface area contributed by atoms with Gasteiger partial charge in [0.2, 0.25) is 0 Å². The third-order valence-corrected chi connectivity index (χ3v) is 1.55. The van der Waals surface area contributed by atoms with Crippen molar-refractivity contribution in [3.63, 3.8) is 0 Å². The summed E-state index contributed by atoms with van der Waals surface area (Å²) in [6, 6.07) is 7.98. The van der Waals surface area contributed by atoms with Crippen LogP contribution in [0.3, 0.4) is 0 Å². The van der Waals surface area contributed by atoms with Crippen LogP contribution in [0.4, 0.5) is 0 Å². The highest BCUT2D eigenvalue weighted by atomic mass is 15.2. The van der Waals surface area contributed by atoms with Crippen molar-refractivity contribution in [2.75, 3.05) is 0 Å². The summed E-state index contributed by atoms with van der Waals surface area (Å²) in [5, 5.41) is 5.14. The molecule has 10 heavy (non-hydrogen) atoms. The molecule has 0 unspecified atom stereocenters. The first-order valence-corrected chi connectivity index (χ1v) is 3.11. The minimum atomic E-state index is 1.07. The van der Waals surface area contributed by atoms with Crippen LogP contribution in [0.5, 0.6) is 0 Å². The second kappa shape index (κ2) is 1.77. The Balaban J connectivity index is 2.93. The number of fused-ring (bicyclic) bond motifs is 1. The molecule has 0 spiro atoms. The lowest BCUT2D eigenvalue weighted by Crippen LogP contribution is -1.84. The van der Waals surface area contributed by atoms with Gasteiger partial charge in [0.05, 0.1) is 0 Å². The van der Waals surface area contributed by atoms with E-state index in [2.05, 4.69) is 12.1 Å². The summed E-state index contributed by atoms with van der Waals surface area (Å²) >= 11 is 0. The quantitative estimate of drug-likeness (QED) is 0.497. The molecule has 0 radical (unpaired) electrons. The van der Waals surface area contributed by atoms with Crippen molar-refractivity contribution in [1.29, 1.82) is 0 Å². The molecule has 2 nitrogen and oxygen atoms in total. The average Bonchev–Trinajstić information content (AvgIpc) is 2.34. The van der Waals surface area contributed by atoms with Crippen molar-refractivity contribution in [2.24, 2.45) is 0 Å². The predicted molar refractivity (Wildman–Crippen MR) is 40.5 cm³/mol. The van der Waals surface area contributed by atoms with Crippen molar-refractivity contribution < 1.29 is 0 Å². The van der Waals surface area contributed by atoms with E-state index in [0.717, 1.165) is 10.9 Å². The molecule has 1 aromatic carbocycles. The molecule has 1 heterocycles. The lowest BCUT2D eigenvalue weighted by atomic mass is 10.3. The zero-order valence-electron chi connectivity index (χ0n) is 5.49. The Morgan fingerprint density at radius 1 is 1.30 bits per heavy atom. The second-order valence-corrected chi connectivity index (χ2v) is 2.20. The Hall–Kier alpha value is -1.44. The number of para-hydroxylation sites is 1. The number of aromatic nitrogens is 2. The standard InChI is InChI=1S/C8H7N2/c1-10-8-5-3-2-4-7(8)6-9-10/h2-6H,1H2/q-1. The molecular weight excluding hydrogens is 124 g/mol. The number of hydrogen-bond acceptors (Lipinski definition) is 1. The Morgan fingerprint density at radius 2 is 2.10 bits per heavy atom. The van der Waals surface area contributed by atoms with Gasteiger partial charge in [0.25, 0.3) is 0 Å². The Kier molecular flexibility index (Phi) is 0.947. The highest BCUT2D eigenvalue weighted by Crippen LogP contribution is 2.10. The van der Waals surface area contributed by atoms with Gasteiger partial charge < -0.3 is 4.68 Å². The molecule has 0 saturated heterocycles. The molecule has 0 atom stereocenters. The van der Waals surface area contributed by atoms with Crippen LogP contribution in [0, 0.1) is 7.05 Å². The highest BCUT2D eigenvalue weighted by molar-refractivity contribution is 5.78. The Bertz CT molecular complexity index is 349. The van der Waals surface area contributed by atoms with Crippen LogP contribution >= 0.6 is 0 Å². The molecule has 1 aromatic heterocycles. The Labute approximate surface area is 59.1 Å². The van der Waals surface area contributed by atoms with E-state index < -0.39 is 0 Å². The summed E-state index contributed by atoms with van der Waals surface area (Å²) in [7, 11) is 3.71. The van der Waals surface area contributed by atoms with E-state index in [0.29, 0.717) is 0 Å². The lowest BCUT2D eigenvalue weighted by Gasteiger charge is -2.01. The topological polar surface area (TPSA) is 17.8 Å². The minimum absolute atomic E-state index is 1.07. The fourth-order valence-corrected chi connectivity index (χ4v) is 1.03. The van der Waals surface area contributed by atoms with Crippen LogP contribution in [0.2, 0.25) is 0 Å². The Morgan fingerprint density at radius 3 is 2.90 bits per heavy atom. The van der Waals surface area contributed by atoms with Gasteiger partial charge in [0.15, 0.2) is 0 Å². The van der Waals surface area contributed by atoms with Crippen LogP contribution in [0.15, 0.2) is 30.5 Å². The smallest absolute Gasteiger partial charge is 0.0358 e. The van der Waals surface area contributed by atoms with Gasteiger partial charge in [-0.05, 0) is 0 Å². The van der Waals surface area contributed by atoms with E-state index >= 15 is 0 Å². The lowest BCUT2D eigenvalue weighted by molar-refractivity contribution is 0.908. The van der Waals surface area contributed by atoms with Crippen LogP contribution in [-0.4, -0.2) is 9.78 Å². The molecule has 0 aliphatic heterocycles. The van der Waals surface area contributed by atoms with Gasteiger partial charge in [0.1, 0.15) is 0 Å². The predicted octanol–water partition coefficient (Wildman–Crippen LogP) is 1.68. The van der Waals surface area contributed by atoms with Gasteiger partial charge in [0, 0.05) is 6.20 Å². The average molecular weight is 131 g/mol. The summed E-state index contributed by atoms with van der Waals surface area (Å²) in [4.78, 5) is 0. The molecule has 0 aliphatic rings. The number of nitrogens with zero attached hydrogens (tertiary/aromatic N) is 2. The molecule has 2 heteroatoms. The summed E-state index contributed by atoms with van der Waals surface area (Å²) in [6.45, 7) is 0. The number of rotatable bonds is 0. The maximum Gasteiger partial charge on any atom is 0.0358 e. The SMILES string of the molecule is [CH2-]n1ncc2ccccc21. The van der Waals surface area contributed by atoms with E-state index in [-0.39, 0.29) is 0 Å². The monoisotopic (exact) mass is 131 g/mol. The molecule has 0 bridgehead atoms. The van der Waals surface area contributed by atoms with E-state index in [4.69, 9.17) is 0 Å². The van der Waals surface area contributed by atoms with Gasteiger partial charge in [-0.15, -0.1) is 6.07 Å². The number of benzene rings is 1. The molecule has 0 N–H and O–H groups in total. The van der Waals surface area contributed by atoms with E-state index in [1.807, 2.05) is 30.5 Å². The van der Waals surface area contributed by atoms with Crippen LogP contribution < -0.4 is 0 Å². The van der Waals surface area contributed by atoms with Crippen LogP contribution in [0.1, 0.15) is 0 Å². The first kappa shape index (κ1) is 5.35. The third kappa shape index (κ3) is 0.589. The summed E-state index contributed by atoms with van der Waals surface area (Å²) < 4.78 is 1.62. The number of hydrogen-bond donors (Lipinski definition) is 0. The summed E-state index contributed by atoms with van der Waals surface area (Å²) in [5.41, 5.74) is 1.07. The molecule has 2 aromatic rings. The molecule has 0 fully saturated rings. The second-order valence-electron chi connectivity index (χ2n) is 2.20. The maximum absolute atomic E-state index is 4.00. The van der Waals surface area contributed by atoms with Crippen molar-refractivity contribution in [1.82, 2.24) is 9.78 Å². The van der Waals surface area contributed by atoms with Gasteiger partial charge in [-0.25, -0.2) is 5.10 Å². The largest absolute Gasteiger partial charge is 0.401 e. The first-order valence-electron chi connectivity index (χ1n) is 3.11. The van der Waals surface area contributed by atoms with E-state index in [9.17, 15) is 0 Å². The van der Waals surface area contributed by atoms with Crippen LogP contribution in [-0.2, 0) is 0 Å². The van der Waals surface area contributed by atoms with Crippen molar-refractivity contribution >= 4 is 10.9 Å². The van der Waals surface area contributed by atoms with Crippen molar-refractivity contribution in [3.05, 3.63) is 37.5 Å². The minimum Gasteiger partial charge on any atom is -0.401 e. The highest BCUT2D eigenvalue weighted by Gasteiger charge is 1.85. The first-order chi connectivity index (χ1) is 4.88. The summed E-state index contributed by atoms with van der Waals surface area (Å²) in [5.74, 6) is 0. The van der Waals surface area contributed by atoms with Gasteiger partial charge in [-0.3, -0.25) is 0 Å². The van der Waals surface area contributed by atoms with Crippen LogP contribution in [0.25, 0.3) is 10.9 Å². The molecule has 0 aliphatic carbocycles. The van der Waals surface area contributed by atoms with Gasteiger partial charge >= 0.3 is 0 Å². The fourth-order valence-electron chi connectivity index (χ4n) is 1.03. The van der Waals surface area contributed by atoms with Crippen molar-refractivity contribution in [2.45, 2.75) is 0 Å². The zero-order chi connectivity index (χ0) is 6.97. The fraction of sp³-hybridized carbons (Fsp3) is 0. The normalized spacial score (nSPS) is 10.4.